The van der Waals surface area contributed by atoms with Crippen LogP contribution in [0, 0.1) is 5.41 Å². The molecular formula is C14H28O4. The maximum absolute atomic E-state index is 11.4. The van der Waals surface area contributed by atoms with Crippen molar-refractivity contribution in [2.24, 2.45) is 5.41 Å². The van der Waals surface area contributed by atoms with Gasteiger partial charge in [-0.15, -0.1) is 0 Å². The maximum atomic E-state index is 11.4. The highest BCUT2D eigenvalue weighted by atomic mass is 17.2. The van der Waals surface area contributed by atoms with Gasteiger partial charge in [0, 0.05) is 0 Å². The minimum atomic E-state index is -1.01. The van der Waals surface area contributed by atoms with Crippen LogP contribution in [0.25, 0.3) is 0 Å². The molecule has 0 aliphatic heterocycles. The van der Waals surface area contributed by atoms with E-state index in [2.05, 4.69) is 0 Å². The van der Waals surface area contributed by atoms with E-state index in [4.69, 9.17) is 9.78 Å². The predicted molar refractivity (Wildman–Crippen MR) is 71.3 cm³/mol. The van der Waals surface area contributed by atoms with Gasteiger partial charge in [0.25, 0.3) is 0 Å². The lowest BCUT2D eigenvalue weighted by Gasteiger charge is -2.41. The average molecular weight is 260 g/mol. The summed E-state index contributed by atoms with van der Waals surface area (Å²) in [5.74, 6) is -0.878. The Morgan fingerprint density at radius 2 is 1.56 bits per heavy atom. The summed E-state index contributed by atoms with van der Waals surface area (Å²) < 4.78 is 0. The standard InChI is InChI=1S/C14H28O4/c1-8-10-14(7,13(5,6)11(15)16)18-17-12(3,4)9-2/h8-10H2,1-7H3,(H,15,16). The van der Waals surface area contributed by atoms with Crippen LogP contribution in [0.3, 0.4) is 0 Å². The van der Waals surface area contributed by atoms with Crippen LogP contribution >= 0.6 is 0 Å². The molecule has 0 saturated heterocycles. The highest BCUT2D eigenvalue weighted by Crippen LogP contribution is 2.39. The SMILES string of the molecule is CCCC(C)(OOC(C)(C)CC)C(C)(C)C(=O)O. The fourth-order valence-corrected chi connectivity index (χ4v) is 1.43. The van der Waals surface area contributed by atoms with E-state index in [0.717, 1.165) is 12.8 Å². The summed E-state index contributed by atoms with van der Waals surface area (Å²) in [5, 5.41) is 9.35. The third kappa shape index (κ3) is 3.95. The number of carboxylic acids is 1. The number of carboxylic acid groups (broad SMARTS) is 1. The monoisotopic (exact) mass is 260 g/mol. The number of carbonyl (C=O) groups is 1. The Labute approximate surface area is 111 Å². The van der Waals surface area contributed by atoms with Gasteiger partial charge < -0.3 is 5.11 Å². The van der Waals surface area contributed by atoms with Crippen molar-refractivity contribution in [1.29, 1.82) is 0 Å². The average Bonchev–Trinajstić information content (AvgIpc) is 2.26. The van der Waals surface area contributed by atoms with Gasteiger partial charge in [-0.05, 0) is 47.5 Å². The van der Waals surface area contributed by atoms with E-state index in [9.17, 15) is 9.90 Å². The van der Waals surface area contributed by atoms with Crippen LogP contribution in [0.5, 0.6) is 0 Å². The second kappa shape index (κ2) is 6.02. The van der Waals surface area contributed by atoms with Crippen molar-refractivity contribution < 1.29 is 19.7 Å². The molecule has 1 atom stereocenters. The number of aliphatic carboxylic acids is 1. The first-order valence-corrected chi connectivity index (χ1v) is 6.62. The quantitative estimate of drug-likeness (QED) is 0.533. The molecule has 0 aliphatic carbocycles. The lowest BCUT2D eigenvalue weighted by atomic mass is 9.73. The van der Waals surface area contributed by atoms with Crippen molar-refractivity contribution in [1.82, 2.24) is 0 Å². The van der Waals surface area contributed by atoms with E-state index in [1.807, 2.05) is 27.7 Å². The normalized spacial score (nSPS) is 16.4. The molecule has 0 aromatic rings. The summed E-state index contributed by atoms with van der Waals surface area (Å²) in [6.45, 7) is 13.0. The van der Waals surface area contributed by atoms with E-state index in [0.29, 0.717) is 6.42 Å². The Kier molecular flexibility index (Phi) is 5.82. The van der Waals surface area contributed by atoms with Crippen LogP contribution in [0.15, 0.2) is 0 Å². The first-order valence-electron chi connectivity index (χ1n) is 6.62. The number of hydrogen-bond acceptors (Lipinski definition) is 3. The molecule has 0 aromatic carbocycles. The van der Waals surface area contributed by atoms with Gasteiger partial charge in [0.15, 0.2) is 0 Å². The molecule has 4 nitrogen and oxygen atoms in total. The highest BCUT2D eigenvalue weighted by Gasteiger charge is 2.49. The van der Waals surface area contributed by atoms with Crippen LogP contribution < -0.4 is 0 Å². The highest BCUT2D eigenvalue weighted by molar-refractivity contribution is 5.75. The van der Waals surface area contributed by atoms with E-state index in [1.165, 1.54) is 0 Å². The first kappa shape index (κ1) is 17.4. The van der Waals surface area contributed by atoms with Crippen molar-refractivity contribution in [3.63, 3.8) is 0 Å². The Bertz CT molecular complexity index is 284. The molecule has 18 heavy (non-hydrogen) atoms. The molecule has 0 aromatic heterocycles. The van der Waals surface area contributed by atoms with Crippen LogP contribution in [0.1, 0.15) is 67.7 Å². The molecule has 1 N–H and O–H groups in total. The van der Waals surface area contributed by atoms with Gasteiger partial charge >= 0.3 is 5.97 Å². The van der Waals surface area contributed by atoms with Crippen LogP contribution in [0.2, 0.25) is 0 Å². The van der Waals surface area contributed by atoms with Gasteiger partial charge in [0.1, 0.15) is 5.60 Å². The molecule has 0 spiro atoms. The number of rotatable bonds is 8. The van der Waals surface area contributed by atoms with Gasteiger partial charge in [0.2, 0.25) is 0 Å². The smallest absolute Gasteiger partial charge is 0.312 e. The minimum Gasteiger partial charge on any atom is -0.481 e. The van der Waals surface area contributed by atoms with E-state index < -0.39 is 22.6 Å². The molecule has 0 aliphatic rings. The molecule has 0 radical (unpaired) electrons. The topological polar surface area (TPSA) is 55.8 Å². The van der Waals surface area contributed by atoms with Crippen molar-refractivity contribution in [2.45, 2.75) is 78.9 Å². The zero-order valence-electron chi connectivity index (χ0n) is 12.8. The third-order valence-electron chi connectivity index (χ3n) is 3.89. The number of hydrogen-bond donors (Lipinski definition) is 1. The van der Waals surface area contributed by atoms with E-state index in [-0.39, 0.29) is 0 Å². The second-order valence-electron chi connectivity index (χ2n) is 6.19. The lowest BCUT2D eigenvalue weighted by molar-refractivity contribution is -0.420. The Morgan fingerprint density at radius 1 is 1.06 bits per heavy atom. The molecule has 0 bridgehead atoms. The van der Waals surface area contributed by atoms with E-state index in [1.54, 1.807) is 20.8 Å². The maximum Gasteiger partial charge on any atom is 0.312 e. The third-order valence-corrected chi connectivity index (χ3v) is 3.89. The summed E-state index contributed by atoms with van der Waals surface area (Å²) in [5.41, 5.74) is -2.27. The molecule has 0 heterocycles. The predicted octanol–water partition coefficient (Wildman–Crippen LogP) is 3.79. The minimum absolute atomic E-state index is 0.413. The Balaban J connectivity index is 4.99. The zero-order chi connectivity index (χ0) is 14.6. The second-order valence-corrected chi connectivity index (χ2v) is 6.19. The molecule has 108 valence electrons. The molecule has 0 amide bonds. The van der Waals surface area contributed by atoms with Gasteiger partial charge in [-0.1, -0.05) is 20.3 Å². The van der Waals surface area contributed by atoms with Crippen molar-refractivity contribution >= 4 is 5.97 Å². The lowest BCUT2D eigenvalue weighted by Crippen LogP contribution is -2.50. The summed E-state index contributed by atoms with van der Waals surface area (Å²) >= 11 is 0. The summed E-state index contributed by atoms with van der Waals surface area (Å²) in [6, 6.07) is 0. The van der Waals surface area contributed by atoms with Crippen molar-refractivity contribution in [3.8, 4) is 0 Å². The summed E-state index contributed by atoms with van der Waals surface area (Å²) in [7, 11) is 0. The van der Waals surface area contributed by atoms with Crippen molar-refractivity contribution in [3.05, 3.63) is 0 Å². The van der Waals surface area contributed by atoms with Gasteiger partial charge in [-0.25, -0.2) is 9.78 Å². The fourth-order valence-electron chi connectivity index (χ4n) is 1.43. The molecule has 0 rings (SSSR count). The van der Waals surface area contributed by atoms with Gasteiger partial charge in [0.05, 0.1) is 11.0 Å². The summed E-state index contributed by atoms with van der Waals surface area (Å²) in [4.78, 5) is 22.4. The van der Waals surface area contributed by atoms with Crippen molar-refractivity contribution in [2.75, 3.05) is 0 Å². The van der Waals surface area contributed by atoms with Gasteiger partial charge in [-0.2, -0.15) is 0 Å². The molecule has 1 unspecified atom stereocenters. The Hall–Kier alpha value is -0.610. The zero-order valence-corrected chi connectivity index (χ0v) is 12.8. The van der Waals surface area contributed by atoms with Crippen LogP contribution in [0.4, 0.5) is 0 Å². The van der Waals surface area contributed by atoms with Crippen LogP contribution in [-0.4, -0.2) is 22.3 Å². The molecular weight excluding hydrogens is 232 g/mol. The largest absolute Gasteiger partial charge is 0.481 e. The fraction of sp³-hybridized carbons (Fsp3) is 0.929. The molecule has 0 saturated carbocycles. The first-order chi connectivity index (χ1) is 8.02. The summed E-state index contributed by atoms with van der Waals surface area (Å²) in [6.07, 6.45) is 2.26. The Morgan fingerprint density at radius 3 is 1.89 bits per heavy atom. The molecule has 0 fully saturated rings. The van der Waals surface area contributed by atoms with E-state index >= 15 is 0 Å². The molecule has 4 heteroatoms. The van der Waals surface area contributed by atoms with Crippen LogP contribution in [-0.2, 0) is 14.6 Å². The van der Waals surface area contributed by atoms with Gasteiger partial charge in [-0.3, -0.25) is 4.79 Å².